The number of hydrogen-bond donors (Lipinski definition) is 2. The van der Waals surface area contributed by atoms with Crippen LogP contribution in [0.3, 0.4) is 0 Å². The Hall–Kier alpha value is -2.76. The lowest BCUT2D eigenvalue weighted by Crippen LogP contribution is -2.37. The Morgan fingerprint density at radius 3 is 2.61 bits per heavy atom. The van der Waals surface area contributed by atoms with Gasteiger partial charge < -0.3 is 15.0 Å². The van der Waals surface area contributed by atoms with Gasteiger partial charge in [-0.1, -0.05) is 23.4 Å². The molecule has 2 aromatic carbocycles. The number of H-pyrrole nitrogens is 1. The number of anilines is 2. The molecular formula is C21H19ClF3N5O2S. The van der Waals surface area contributed by atoms with Crippen molar-refractivity contribution in [2.24, 2.45) is 0 Å². The lowest BCUT2D eigenvalue weighted by molar-refractivity contribution is -0.137. The third-order valence-corrected chi connectivity index (χ3v) is 5.96. The molecule has 1 fully saturated rings. The molecule has 0 bridgehead atoms. The topological polar surface area (TPSA) is 83.1 Å². The Bertz CT molecular complexity index is 1120. The Labute approximate surface area is 196 Å². The second kappa shape index (κ2) is 10.0. The molecule has 0 aliphatic carbocycles. The van der Waals surface area contributed by atoms with Crippen LogP contribution in [0, 0.1) is 0 Å². The van der Waals surface area contributed by atoms with E-state index in [-0.39, 0.29) is 11.4 Å². The number of hydrogen-bond acceptors (Lipinski definition) is 6. The van der Waals surface area contributed by atoms with Gasteiger partial charge in [-0.25, -0.2) is 4.98 Å². The van der Waals surface area contributed by atoms with E-state index in [0.717, 1.165) is 29.5 Å². The van der Waals surface area contributed by atoms with Gasteiger partial charge in [0.1, 0.15) is 0 Å². The monoisotopic (exact) mass is 497 g/mol. The number of nitrogens with one attached hydrogen (secondary N) is 2. The summed E-state index contributed by atoms with van der Waals surface area (Å²) in [7, 11) is 0. The molecule has 12 heteroatoms. The third-order valence-electron chi connectivity index (χ3n) is 4.86. The number of rotatable bonds is 6. The Morgan fingerprint density at radius 1 is 1.18 bits per heavy atom. The van der Waals surface area contributed by atoms with Crippen LogP contribution in [-0.2, 0) is 15.7 Å². The highest BCUT2D eigenvalue weighted by atomic mass is 35.5. The van der Waals surface area contributed by atoms with Crippen LogP contribution in [0.5, 0.6) is 0 Å². The van der Waals surface area contributed by atoms with Gasteiger partial charge in [-0.2, -0.15) is 13.2 Å². The lowest BCUT2D eigenvalue weighted by atomic mass is 10.1. The summed E-state index contributed by atoms with van der Waals surface area (Å²) in [4.78, 5) is 18.8. The minimum absolute atomic E-state index is 0.0727. The summed E-state index contributed by atoms with van der Waals surface area (Å²) in [6, 6.07) is 10.4. The molecule has 0 atom stereocenters. The zero-order chi connectivity index (χ0) is 23.4. The average Bonchev–Trinajstić information content (AvgIpc) is 3.27. The summed E-state index contributed by atoms with van der Waals surface area (Å²) >= 11 is 6.95. The van der Waals surface area contributed by atoms with Crippen LogP contribution < -0.4 is 10.2 Å². The molecule has 0 radical (unpaired) electrons. The Balaban J connectivity index is 1.44. The average molecular weight is 498 g/mol. The summed E-state index contributed by atoms with van der Waals surface area (Å²) in [5.41, 5.74) is 0.577. The van der Waals surface area contributed by atoms with Crippen LogP contribution in [0.1, 0.15) is 5.56 Å². The summed E-state index contributed by atoms with van der Waals surface area (Å²) < 4.78 is 45.0. The van der Waals surface area contributed by atoms with Crippen molar-refractivity contribution < 1.29 is 22.7 Å². The number of benzene rings is 2. The molecule has 1 aliphatic rings. The fourth-order valence-electron chi connectivity index (χ4n) is 3.26. The van der Waals surface area contributed by atoms with Gasteiger partial charge in [0, 0.05) is 23.7 Å². The highest BCUT2D eigenvalue weighted by Gasteiger charge is 2.32. The number of carbonyl (C=O) groups is 1. The van der Waals surface area contributed by atoms with E-state index in [4.69, 9.17) is 16.3 Å². The van der Waals surface area contributed by atoms with E-state index in [1.165, 1.54) is 6.07 Å². The maximum Gasteiger partial charge on any atom is 0.416 e. The highest BCUT2D eigenvalue weighted by Crippen LogP contribution is 2.36. The predicted octanol–water partition coefficient (Wildman–Crippen LogP) is 4.71. The fourth-order valence-corrected chi connectivity index (χ4v) is 3.98. The minimum Gasteiger partial charge on any atom is -0.378 e. The first-order chi connectivity index (χ1) is 15.8. The van der Waals surface area contributed by atoms with Crippen molar-refractivity contribution in [3.05, 3.63) is 53.1 Å². The number of thioether (sulfide) groups is 1. The van der Waals surface area contributed by atoms with E-state index in [1.807, 2.05) is 4.90 Å². The molecule has 1 amide bonds. The van der Waals surface area contributed by atoms with E-state index >= 15 is 0 Å². The van der Waals surface area contributed by atoms with Gasteiger partial charge in [-0.15, -0.1) is 5.10 Å². The van der Waals surface area contributed by atoms with Crippen molar-refractivity contribution in [3.8, 4) is 11.4 Å². The maximum atomic E-state index is 13.2. The number of nitrogens with zero attached hydrogens (tertiary/aromatic N) is 3. The first-order valence-corrected chi connectivity index (χ1v) is 11.3. The number of aromatic amines is 1. The second-order valence-corrected chi connectivity index (χ2v) is 8.52. The van der Waals surface area contributed by atoms with Crippen LogP contribution in [0.2, 0.25) is 5.02 Å². The number of carbonyl (C=O) groups excluding carboxylic acids is 1. The summed E-state index contributed by atoms with van der Waals surface area (Å²) in [5, 5.41) is 10.4. The Kier molecular flexibility index (Phi) is 7.11. The third kappa shape index (κ3) is 5.98. The van der Waals surface area contributed by atoms with Gasteiger partial charge in [0.05, 0.1) is 35.9 Å². The van der Waals surface area contributed by atoms with Crippen LogP contribution in [0.15, 0.2) is 47.6 Å². The van der Waals surface area contributed by atoms with E-state index in [9.17, 15) is 18.0 Å². The zero-order valence-corrected chi connectivity index (χ0v) is 18.7. The molecule has 1 aromatic heterocycles. The first-order valence-electron chi connectivity index (χ1n) is 9.94. The van der Waals surface area contributed by atoms with Crippen molar-refractivity contribution >= 4 is 40.6 Å². The van der Waals surface area contributed by atoms with Gasteiger partial charge in [-0.05, 0) is 42.5 Å². The molecule has 174 valence electrons. The molecule has 3 aromatic rings. The minimum atomic E-state index is -4.52. The van der Waals surface area contributed by atoms with Crippen molar-refractivity contribution in [1.82, 2.24) is 15.2 Å². The smallest absolute Gasteiger partial charge is 0.378 e. The number of aromatic nitrogens is 3. The molecule has 2 N–H and O–H groups in total. The molecule has 1 aliphatic heterocycles. The normalized spacial score (nSPS) is 14.4. The number of amides is 1. The van der Waals surface area contributed by atoms with Gasteiger partial charge in [-0.3, -0.25) is 9.89 Å². The summed E-state index contributed by atoms with van der Waals surface area (Å²) in [6.45, 7) is 1.97. The molecule has 1 saturated heterocycles. The Morgan fingerprint density at radius 2 is 1.91 bits per heavy atom. The highest BCUT2D eigenvalue weighted by molar-refractivity contribution is 7.99. The molecule has 0 unspecified atom stereocenters. The number of halogens is 4. The maximum absolute atomic E-state index is 13.2. The van der Waals surface area contributed by atoms with Crippen molar-refractivity contribution in [1.29, 1.82) is 0 Å². The van der Waals surface area contributed by atoms with E-state index < -0.39 is 17.6 Å². The van der Waals surface area contributed by atoms with E-state index in [1.54, 1.807) is 24.3 Å². The van der Waals surface area contributed by atoms with E-state index in [0.29, 0.717) is 48.0 Å². The van der Waals surface area contributed by atoms with Gasteiger partial charge >= 0.3 is 6.18 Å². The summed E-state index contributed by atoms with van der Waals surface area (Å²) in [6.07, 6.45) is -4.52. The molecule has 0 spiro atoms. The van der Waals surface area contributed by atoms with Crippen LogP contribution in [-0.4, -0.2) is 53.1 Å². The molecular weight excluding hydrogens is 479 g/mol. The first kappa shape index (κ1) is 23.4. The van der Waals surface area contributed by atoms with Gasteiger partial charge in [0.15, 0.2) is 5.82 Å². The number of ether oxygens (including phenoxy) is 1. The fraction of sp³-hybridized carbons (Fsp3) is 0.286. The molecule has 0 saturated carbocycles. The molecule has 4 rings (SSSR count). The largest absolute Gasteiger partial charge is 0.416 e. The van der Waals surface area contributed by atoms with Gasteiger partial charge in [0.2, 0.25) is 11.1 Å². The lowest BCUT2D eigenvalue weighted by Gasteiger charge is -2.31. The number of morpholine rings is 1. The standard InChI is InChI=1S/C21H19ClF3N5O2S/c22-15-4-1-13(2-5-15)19-27-20(29-28-19)33-12-18(31)26-16-11-14(21(23,24)25)3-6-17(16)30-7-9-32-10-8-30/h1-6,11H,7-10,12H2,(H,26,31)(H,27,28,29). The second-order valence-electron chi connectivity index (χ2n) is 7.14. The molecule has 2 heterocycles. The van der Waals surface area contributed by atoms with Crippen LogP contribution in [0.25, 0.3) is 11.4 Å². The summed E-state index contributed by atoms with van der Waals surface area (Å²) in [5.74, 6) is -0.0230. The SMILES string of the molecule is O=C(CSc1n[nH]c(-c2ccc(Cl)cc2)n1)Nc1cc(C(F)(F)F)ccc1N1CCOCC1. The van der Waals surface area contributed by atoms with E-state index in [2.05, 4.69) is 20.5 Å². The van der Waals surface area contributed by atoms with Gasteiger partial charge in [0.25, 0.3) is 0 Å². The van der Waals surface area contributed by atoms with Crippen LogP contribution >= 0.6 is 23.4 Å². The molecule has 7 nitrogen and oxygen atoms in total. The van der Waals surface area contributed by atoms with Crippen molar-refractivity contribution in [3.63, 3.8) is 0 Å². The quantitative estimate of drug-likeness (QED) is 0.480. The molecule has 33 heavy (non-hydrogen) atoms. The predicted molar refractivity (Wildman–Crippen MR) is 121 cm³/mol. The van der Waals surface area contributed by atoms with Crippen LogP contribution in [0.4, 0.5) is 24.5 Å². The number of alkyl halides is 3. The van der Waals surface area contributed by atoms with Crippen molar-refractivity contribution in [2.75, 3.05) is 42.3 Å². The van der Waals surface area contributed by atoms with Crippen molar-refractivity contribution in [2.45, 2.75) is 11.3 Å². The zero-order valence-electron chi connectivity index (χ0n) is 17.2.